The molecule has 0 aromatic heterocycles. The molecule has 2 heterocycles. The Kier molecular flexibility index (Phi) is 5.99. The molecule has 4 aromatic rings. The summed E-state index contributed by atoms with van der Waals surface area (Å²) in [5, 5.41) is 5.39. The Labute approximate surface area is 225 Å². The average molecular weight is 524 g/mol. The molecule has 0 atom stereocenters. The van der Waals surface area contributed by atoms with Crippen molar-refractivity contribution in [2.24, 2.45) is 0 Å². The van der Waals surface area contributed by atoms with Crippen LogP contribution in [0.3, 0.4) is 0 Å². The van der Waals surface area contributed by atoms with Gasteiger partial charge in [0.25, 0.3) is 11.8 Å². The molecule has 1 N–H and O–H groups in total. The predicted molar refractivity (Wildman–Crippen MR) is 153 cm³/mol. The Bertz CT molecular complexity index is 1630. The number of rotatable bonds is 4. The lowest BCUT2D eigenvalue weighted by Crippen LogP contribution is -2.54. The Morgan fingerprint density at radius 2 is 1.70 bits per heavy atom. The minimum atomic E-state index is -0.493. The number of thiocarbonyl (C=S) groups is 1. The Balaban J connectivity index is 1.31. The largest absolute Gasteiger partial charge is 0.367 e. The fourth-order valence-electron chi connectivity index (χ4n) is 5.02. The average Bonchev–Trinajstić information content (AvgIpc) is 3.30. The zero-order valence-corrected chi connectivity index (χ0v) is 21.4. The molecule has 1 fully saturated rings. The summed E-state index contributed by atoms with van der Waals surface area (Å²) < 4.78 is 0. The Hall–Kier alpha value is -4.00. The van der Waals surface area contributed by atoms with E-state index in [1.54, 1.807) is 6.08 Å². The number of nitrogens with zero attached hydrogens (tertiary/aromatic N) is 2. The van der Waals surface area contributed by atoms with Crippen molar-refractivity contribution in [3.8, 4) is 0 Å². The van der Waals surface area contributed by atoms with Crippen LogP contribution < -0.4 is 15.1 Å². The summed E-state index contributed by atoms with van der Waals surface area (Å²) in [7, 11) is 0. The van der Waals surface area contributed by atoms with Crippen LogP contribution in [0.15, 0.2) is 90.5 Å². The first-order valence-corrected chi connectivity index (χ1v) is 12.8. The first kappa shape index (κ1) is 23.4. The van der Waals surface area contributed by atoms with Crippen LogP contribution in [0.4, 0.5) is 11.4 Å². The minimum absolute atomic E-state index is 0.0485. The summed E-state index contributed by atoms with van der Waals surface area (Å²) in [4.78, 5) is 30.2. The fraction of sp³-hybridized carbons (Fsp3) is 0.100. The highest BCUT2D eigenvalue weighted by Gasteiger charge is 2.35. The summed E-state index contributed by atoms with van der Waals surface area (Å²) in [6.07, 6.45) is 2.53. The van der Waals surface area contributed by atoms with E-state index in [9.17, 15) is 9.59 Å². The second-order valence-electron chi connectivity index (χ2n) is 9.11. The minimum Gasteiger partial charge on any atom is -0.367 e. The molecule has 1 saturated heterocycles. The molecule has 2 amide bonds. The van der Waals surface area contributed by atoms with Crippen LogP contribution in [0.25, 0.3) is 16.8 Å². The SMILES string of the molecule is O=C1NC(=S)N(c2cccc3ccccc23)C(=O)C1=Cc1ccc2c(c1)CCN2Cc1ccccc1Cl. The number of carbonyl (C=O) groups is 2. The van der Waals surface area contributed by atoms with E-state index < -0.39 is 11.8 Å². The zero-order valence-electron chi connectivity index (χ0n) is 19.8. The normalized spacial score (nSPS) is 16.5. The summed E-state index contributed by atoms with van der Waals surface area (Å²) in [5.41, 5.74) is 4.88. The number of hydrogen-bond donors (Lipinski definition) is 1. The fourth-order valence-corrected chi connectivity index (χ4v) is 5.49. The first-order chi connectivity index (χ1) is 18.0. The van der Waals surface area contributed by atoms with Gasteiger partial charge in [0.05, 0.1) is 5.69 Å². The van der Waals surface area contributed by atoms with Crippen LogP contribution in [-0.4, -0.2) is 23.5 Å². The highest BCUT2D eigenvalue weighted by atomic mass is 35.5. The number of halogens is 1. The topological polar surface area (TPSA) is 52.7 Å². The second kappa shape index (κ2) is 9.47. The van der Waals surface area contributed by atoms with Crippen LogP contribution in [0, 0.1) is 0 Å². The number of amides is 2. The van der Waals surface area contributed by atoms with E-state index in [-0.39, 0.29) is 10.7 Å². The molecule has 4 aromatic carbocycles. The number of nitrogens with one attached hydrogen (secondary N) is 1. The van der Waals surface area contributed by atoms with Gasteiger partial charge in [0.1, 0.15) is 5.57 Å². The van der Waals surface area contributed by atoms with E-state index in [1.807, 2.05) is 84.9 Å². The van der Waals surface area contributed by atoms with Crippen LogP contribution in [0.2, 0.25) is 5.02 Å². The van der Waals surface area contributed by atoms with E-state index in [0.717, 1.165) is 52.1 Å². The van der Waals surface area contributed by atoms with E-state index in [0.29, 0.717) is 5.69 Å². The van der Waals surface area contributed by atoms with Gasteiger partial charge < -0.3 is 4.90 Å². The van der Waals surface area contributed by atoms with Crippen LogP contribution >= 0.6 is 23.8 Å². The zero-order chi connectivity index (χ0) is 25.5. The lowest BCUT2D eigenvalue weighted by Gasteiger charge is -2.29. The van der Waals surface area contributed by atoms with Crippen LogP contribution in [0.1, 0.15) is 16.7 Å². The second-order valence-corrected chi connectivity index (χ2v) is 9.90. The molecule has 6 rings (SSSR count). The summed E-state index contributed by atoms with van der Waals surface area (Å²) in [6.45, 7) is 1.61. The molecule has 0 bridgehead atoms. The smallest absolute Gasteiger partial charge is 0.270 e. The van der Waals surface area contributed by atoms with Crippen molar-refractivity contribution in [1.29, 1.82) is 0 Å². The van der Waals surface area contributed by atoms with Gasteiger partial charge in [0, 0.05) is 29.2 Å². The maximum absolute atomic E-state index is 13.6. The number of hydrogen-bond acceptors (Lipinski definition) is 4. The first-order valence-electron chi connectivity index (χ1n) is 12.0. The molecule has 2 aliphatic rings. The van der Waals surface area contributed by atoms with Crippen molar-refractivity contribution in [3.05, 3.63) is 112 Å². The van der Waals surface area contributed by atoms with Gasteiger partial charge in [0.15, 0.2) is 5.11 Å². The molecule has 182 valence electrons. The quantitative estimate of drug-likeness (QED) is 0.206. The highest BCUT2D eigenvalue weighted by molar-refractivity contribution is 7.80. The van der Waals surface area contributed by atoms with Crippen molar-refractivity contribution in [3.63, 3.8) is 0 Å². The highest BCUT2D eigenvalue weighted by Crippen LogP contribution is 2.33. The lowest BCUT2D eigenvalue weighted by molar-refractivity contribution is -0.122. The van der Waals surface area contributed by atoms with Crippen molar-refractivity contribution < 1.29 is 9.59 Å². The molecule has 0 unspecified atom stereocenters. The maximum Gasteiger partial charge on any atom is 0.270 e. The molecule has 37 heavy (non-hydrogen) atoms. The van der Waals surface area contributed by atoms with Gasteiger partial charge >= 0.3 is 0 Å². The monoisotopic (exact) mass is 523 g/mol. The Morgan fingerprint density at radius 1 is 0.919 bits per heavy atom. The van der Waals surface area contributed by atoms with Gasteiger partial charge in [-0.1, -0.05) is 72.3 Å². The van der Waals surface area contributed by atoms with Gasteiger partial charge in [-0.25, -0.2) is 0 Å². The Morgan fingerprint density at radius 3 is 2.57 bits per heavy atom. The number of carbonyl (C=O) groups excluding carboxylic acids is 2. The molecule has 0 saturated carbocycles. The third-order valence-electron chi connectivity index (χ3n) is 6.83. The molecular weight excluding hydrogens is 502 g/mol. The van der Waals surface area contributed by atoms with Gasteiger partial charge in [0.2, 0.25) is 0 Å². The third-order valence-corrected chi connectivity index (χ3v) is 7.49. The van der Waals surface area contributed by atoms with Crippen molar-refractivity contribution in [2.45, 2.75) is 13.0 Å². The summed E-state index contributed by atoms with van der Waals surface area (Å²) >= 11 is 11.8. The molecule has 5 nitrogen and oxygen atoms in total. The maximum atomic E-state index is 13.6. The number of benzene rings is 4. The number of fused-ring (bicyclic) bond motifs is 2. The van der Waals surface area contributed by atoms with E-state index in [1.165, 1.54) is 10.5 Å². The molecular formula is C30H22ClN3O2S. The molecule has 0 aliphatic carbocycles. The molecule has 2 aliphatic heterocycles. The van der Waals surface area contributed by atoms with Crippen LogP contribution in [-0.2, 0) is 22.6 Å². The van der Waals surface area contributed by atoms with E-state index in [4.69, 9.17) is 23.8 Å². The number of anilines is 2. The van der Waals surface area contributed by atoms with Crippen molar-refractivity contribution in [2.75, 3.05) is 16.3 Å². The summed E-state index contributed by atoms with van der Waals surface area (Å²) in [6, 6.07) is 27.4. The van der Waals surface area contributed by atoms with E-state index >= 15 is 0 Å². The van der Waals surface area contributed by atoms with Gasteiger partial charge in [-0.15, -0.1) is 0 Å². The molecule has 0 radical (unpaired) electrons. The van der Waals surface area contributed by atoms with Gasteiger partial charge in [-0.3, -0.25) is 19.8 Å². The van der Waals surface area contributed by atoms with Crippen molar-refractivity contribution in [1.82, 2.24) is 5.32 Å². The predicted octanol–water partition coefficient (Wildman–Crippen LogP) is 5.89. The molecule has 0 spiro atoms. The van der Waals surface area contributed by atoms with Crippen molar-refractivity contribution >= 4 is 69.0 Å². The van der Waals surface area contributed by atoms with Gasteiger partial charge in [-0.2, -0.15) is 0 Å². The van der Waals surface area contributed by atoms with Crippen LogP contribution in [0.5, 0.6) is 0 Å². The third kappa shape index (κ3) is 4.28. The standard InChI is InChI=1S/C30H22ClN3O2S/c31-25-10-4-2-7-22(25)18-33-15-14-21-16-19(12-13-26(21)33)17-24-28(35)32-30(37)34(29(24)36)27-11-5-8-20-6-1-3-9-23(20)27/h1-13,16-17H,14-15,18H2,(H,32,35,37). The van der Waals surface area contributed by atoms with Gasteiger partial charge in [-0.05, 0) is 71.1 Å². The molecule has 7 heteroatoms. The van der Waals surface area contributed by atoms with E-state index in [2.05, 4.69) is 10.2 Å². The summed E-state index contributed by atoms with van der Waals surface area (Å²) in [5.74, 6) is -0.932. The lowest BCUT2D eigenvalue weighted by atomic mass is 10.0.